The van der Waals surface area contributed by atoms with Gasteiger partial charge in [0, 0.05) is 31.0 Å². The van der Waals surface area contributed by atoms with E-state index in [9.17, 15) is 4.79 Å². The van der Waals surface area contributed by atoms with Crippen LogP contribution in [0.2, 0.25) is 0 Å². The van der Waals surface area contributed by atoms with Gasteiger partial charge in [-0.25, -0.2) is 9.97 Å². The van der Waals surface area contributed by atoms with Gasteiger partial charge in [-0.05, 0) is 51.1 Å². The number of carbonyl (C=O) groups excluding carboxylic acids is 1. The molecular formula is C20H26N4O2. The van der Waals surface area contributed by atoms with Crippen LogP contribution in [0.25, 0.3) is 0 Å². The number of nitrogens with zero attached hydrogens (tertiary/aromatic N) is 3. The summed E-state index contributed by atoms with van der Waals surface area (Å²) in [5, 5.41) is 3.00. The van der Waals surface area contributed by atoms with Crippen molar-refractivity contribution in [2.75, 3.05) is 20.7 Å². The van der Waals surface area contributed by atoms with Gasteiger partial charge in [-0.15, -0.1) is 0 Å². The minimum absolute atomic E-state index is 0.0970. The molecule has 0 aliphatic carbocycles. The summed E-state index contributed by atoms with van der Waals surface area (Å²) in [4.78, 5) is 23.8. The number of methoxy groups -OCH3 is 1. The molecule has 1 amide bonds. The molecule has 1 N–H and O–H groups in total. The predicted octanol–water partition coefficient (Wildman–Crippen LogP) is 2.63. The lowest BCUT2D eigenvalue weighted by Gasteiger charge is -2.21. The largest absolute Gasteiger partial charge is 0.380 e. The van der Waals surface area contributed by atoms with Gasteiger partial charge in [0.2, 0.25) is 0 Å². The molecule has 1 fully saturated rings. The van der Waals surface area contributed by atoms with Gasteiger partial charge in [0.1, 0.15) is 5.82 Å². The fourth-order valence-corrected chi connectivity index (χ4v) is 3.39. The van der Waals surface area contributed by atoms with Crippen LogP contribution in [-0.4, -0.2) is 41.5 Å². The second kappa shape index (κ2) is 8.38. The third-order valence-corrected chi connectivity index (χ3v) is 4.82. The summed E-state index contributed by atoms with van der Waals surface area (Å²) < 4.78 is 5.10. The highest BCUT2D eigenvalue weighted by Crippen LogP contribution is 2.31. The second-order valence-electron chi connectivity index (χ2n) is 6.78. The summed E-state index contributed by atoms with van der Waals surface area (Å²) in [5.74, 6) is 0.671. The molecule has 6 heteroatoms. The van der Waals surface area contributed by atoms with Crippen LogP contribution in [0.5, 0.6) is 0 Å². The third-order valence-electron chi connectivity index (χ3n) is 4.82. The minimum Gasteiger partial charge on any atom is -0.380 e. The molecule has 1 aromatic heterocycles. The Morgan fingerprint density at radius 2 is 2.12 bits per heavy atom. The standard InChI is InChI=1S/C20H26N4O2/c1-14-21-11-17(19(23-14)18-5-4-10-24(18)2)12-22-20(25)16-8-6-15(7-9-16)13-26-3/h6-9,11,18H,4-5,10,12-13H2,1-3H3,(H,22,25). The molecule has 6 nitrogen and oxygen atoms in total. The van der Waals surface area contributed by atoms with E-state index >= 15 is 0 Å². The van der Waals surface area contributed by atoms with Crippen molar-refractivity contribution < 1.29 is 9.53 Å². The van der Waals surface area contributed by atoms with Gasteiger partial charge >= 0.3 is 0 Å². The summed E-state index contributed by atoms with van der Waals surface area (Å²) in [6.45, 7) is 3.95. The Labute approximate surface area is 154 Å². The van der Waals surface area contributed by atoms with Crippen molar-refractivity contribution in [2.45, 2.75) is 39.0 Å². The first kappa shape index (κ1) is 18.5. The molecule has 138 valence electrons. The first-order valence-corrected chi connectivity index (χ1v) is 8.97. The van der Waals surface area contributed by atoms with E-state index in [2.05, 4.69) is 27.2 Å². The van der Waals surface area contributed by atoms with Crippen LogP contribution < -0.4 is 5.32 Å². The number of likely N-dealkylation sites (tertiary alicyclic amines) is 1. The first-order chi connectivity index (χ1) is 12.6. The Morgan fingerprint density at radius 3 is 2.77 bits per heavy atom. The van der Waals surface area contributed by atoms with Crippen LogP contribution in [0.1, 0.15) is 51.9 Å². The number of carbonyl (C=O) groups is 1. The second-order valence-corrected chi connectivity index (χ2v) is 6.78. The Balaban J connectivity index is 1.70. The van der Waals surface area contributed by atoms with E-state index in [1.54, 1.807) is 7.11 Å². The zero-order valence-corrected chi connectivity index (χ0v) is 15.7. The van der Waals surface area contributed by atoms with Crippen LogP contribution in [0, 0.1) is 6.92 Å². The normalized spacial score (nSPS) is 17.4. The molecule has 0 radical (unpaired) electrons. The maximum Gasteiger partial charge on any atom is 0.251 e. The summed E-state index contributed by atoms with van der Waals surface area (Å²) in [6, 6.07) is 7.76. The maximum absolute atomic E-state index is 12.5. The Kier molecular flexibility index (Phi) is 5.96. The number of hydrogen-bond donors (Lipinski definition) is 1. The highest BCUT2D eigenvalue weighted by Gasteiger charge is 2.26. The van der Waals surface area contributed by atoms with Crippen LogP contribution in [0.4, 0.5) is 0 Å². The summed E-state index contributed by atoms with van der Waals surface area (Å²) in [5.41, 5.74) is 3.70. The van der Waals surface area contributed by atoms with E-state index in [4.69, 9.17) is 4.74 Å². The molecule has 1 atom stereocenters. The lowest BCUT2D eigenvalue weighted by Crippen LogP contribution is -2.26. The summed E-state index contributed by atoms with van der Waals surface area (Å²) in [7, 11) is 3.78. The third kappa shape index (κ3) is 4.26. The average molecular weight is 354 g/mol. The smallest absolute Gasteiger partial charge is 0.251 e. The summed E-state index contributed by atoms with van der Waals surface area (Å²) >= 11 is 0. The molecule has 2 heterocycles. The number of rotatable bonds is 6. The molecule has 26 heavy (non-hydrogen) atoms. The van der Waals surface area contributed by atoms with E-state index < -0.39 is 0 Å². The van der Waals surface area contributed by atoms with Gasteiger partial charge in [0.15, 0.2) is 0 Å². The molecule has 3 rings (SSSR count). The van der Waals surface area contributed by atoms with Crippen molar-refractivity contribution in [3.05, 3.63) is 58.7 Å². The van der Waals surface area contributed by atoms with Crippen molar-refractivity contribution in [2.24, 2.45) is 0 Å². The zero-order valence-electron chi connectivity index (χ0n) is 15.7. The van der Waals surface area contributed by atoms with E-state index in [-0.39, 0.29) is 5.91 Å². The number of aromatic nitrogens is 2. The number of hydrogen-bond acceptors (Lipinski definition) is 5. The number of benzene rings is 1. The van der Waals surface area contributed by atoms with E-state index in [1.165, 1.54) is 6.42 Å². The van der Waals surface area contributed by atoms with Gasteiger partial charge in [-0.3, -0.25) is 9.69 Å². The molecule has 1 unspecified atom stereocenters. The van der Waals surface area contributed by atoms with Gasteiger partial charge in [-0.1, -0.05) is 12.1 Å². The molecule has 1 saturated heterocycles. The Bertz CT molecular complexity index is 761. The predicted molar refractivity (Wildman–Crippen MR) is 99.7 cm³/mol. The zero-order chi connectivity index (χ0) is 18.5. The average Bonchev–Trinajstić information content (AvgIpc) is 3.07. The topological polar surface area (TPSA) is 67.3 Å². The summed E-state index contributed by atoms with van der Waals surface area (Å²) in [6.07, 6.45) is 4.10. The van der Waals surface area contributed by atoms with Crippen LogP contribution >= 0.6 is 0 Å². The molecule has 0 saturated carbocycles. The maximum atomic E-state index is 12.5. The quantitative estimate of drug-likeness (QED) is 0.864. The fraction of sp³-hybridized carbons (Fsp3) is 0.450. The highest BCUT2D eigenvalue weighted by molar-refractivity contribution is 5.94. The van der Waals surface area contributed by atoms with Crippen molar-refractivity contribution >= 4 is 5.91 Å². The molecular weight excluding hydrogens is 328 g/mol. The fourth-order valence-electron chi connectivity index (χ4n) is 3.39. The number of amides is 1. The molecule has 1 aliphatic rings. The minimum atomic E-state index is -0.0970. The molecule has 0 spiro atoms. The van der Waals surface area contributed by atoms with Crippen molar-refractivity contribution in [3.63, 3.8) is 0 Å². The Hall–Kier alpha value is -2.31. The molecule has 1 aromatic carbocycles. The van der Waals surface area contributed by atoms with Crippen LogP contribution in [0.15, 0.2) is 30.5 Å². The molecule has 1 aliphatic heterocycles. The molecule has 2 aromatic rings. The van der Waals surface area contributed by atoms with Crippen molar-refractivity contribution in [1.82, 2.24) is 20.2 Å². The number of aryl methyl sites for hydroxylation is 1. The van der Waals surface area contributed by atoms with Gasteiger partial charge < -0.3 is 10.1 Å². The lowest BCUT2D eigenvalue weighted by molar-refractivity contribution is 0.0950. The molecule has 0 bridgehead atoms. The number of nitrogens with one attached hydrogen (secondary N) is 1. The lowest BCUT2D eigenvalue weighted by atomic mass is 10.1. The van der Waals surface area contributed by atoms with Crippen LogP contribution in [-0.2, 0) is 17.9 Å². The van der Waals surface area contributed by atoms with E-state index in [0.717, 1.165) is 35.6 Å². The van der Waals surface area contributed by atoms with E-state index in [0.29, 0.717) is 24.8 Å². The van der Waals surface area contributed by atoms with Crippen molar-refractivity contribution in [3.8, 4) is 0 Å². The van der Waals surface area contributed by atoms with Crippen LogP contribution in [0.3, 0.4) is 0 Å². The van der Waals surface area contributed by atoms with E-state index in [1.807, 2.05) is 37.4 Å². The highest BCUT2D eigenvalue weighted by atomic mass is 16.5. The monoisotopic (exact) mass is 354 g/mol. The number of ether oxygens (including phenoxy) is 1. The SMILES string of the molecule is COCc1ccc(C(=O)NCc2cnc(C)nc2C2CCCN2C)cc1. The van der Waals surface area contributed by atoms with Gasteiger partial charge in [-0.2, -0.15) is 0 Å². The van der Waals surface area contributed by atoms with Crippen molar-refractivity contribution in [1.29, 1.82) is 0 Å². The van der Waals surface area contributed by atoms with Gasteiger partial charge in [0.25, 0.3) is 5.91 Å². The Morgan fingerprint density at radius 1 is 1.35 bits per heavy atom. The first-order valence-electron chi connectivity index (χ1n) is 8.97. The van der Waals surface area contributed by atoms with Gasteiger partial charge in [0.05, 0.1) is 18.3 Å².